The number of likely N-dealkylation sites (N-methyl/N-ethyl adjacent to an activating group) is 2. The molecule has 0 saturated carbocycles. The number of amides is 4. The van der Waals surface area contributed by atoms with E-state index in [4.69, 9.17) is 4.74 Å². The highest BCUT2D eigenvalue weighted by molar-refractivity contribution is 6.01. The number of carbonyl (C=O) groups is 4. The lowest BCUT2D eigenvalue weighted by Crippen LogP contribution is -2.53. The highest BCUT2D eigenvalue weighted by Gasteiger charge is 2.29. The zero-order chi connectivity index (χ0) is 29.6. The summed E-state index contributed by atoms with van der Waals surface area (Å²) in [7, 11) is 5.51. The number of nitrogens with one attached hydrogen (secondary N) is 3. The van der Waals surface area contributed by atoms with Crippen LogP contribution in [0.4, 0.5) is 0 Å². The molecule has 2 aromatic rings. The lowest BCUT2D eigenvalue weighted by atomic mass is 10.0. The van der Waals surface area contributed by atoms with Crippen LogP contribution in [0.2, 0.25) is 0 Å². The van der Waals surface area contributed by atoms with Crippen LogP contribution in [0.25, 0.3) is 0 Å². The van der Waals surface area contributed by atoms with Gasteiger partial charge in [0.2, 0.25) is 17.7 Å². The first-order chi connectivity index (χ1) is 19.7. The molecule has 41 heavy (non-hydrogen) atoms. The minimum atomic E-state index is -1.15. The highest BCUT2D eigenvalue weighted by Crippen LogP contribution is 2.19. The zero-order valence-corrected chi connectivity index (χ0v) is 24.4. The van der Waals surface area contributed by atoms with Gasteiger partial charge in [-0.25, -0.2) is 0 Å². The second-order valence-electron chi connectivity index (χ2n) is 10.7. The number of carbonyl (C=O) groups excluding carboxylic acids is 4. The molecule has 0 bridgehead atoms. The fourth-order valence-corrected chi connectivity index (χ4v) is 4.60. The zero-order valence-electron chi connectivity index (χ0n) is 24.4. The fraction of sp³-hybridized carbons (Fsp3) is 0.484. The Labute approximate surface area is 242 Å². The van der Waals surface area contributed by atoms with E-state index in [1.165, 1.54) is 0 Å². The largest absolute Gasteiger partial charge is 0.493 e. The van der Waals surface area contributed by atoms with Gasteiger partial charge in [0.15, 0.2) is 0 Å². The maximum Gasteiger partial charge on any atom is 0.255 e. The molecule has 222 valence electrons. The molecule has 10 nitrogen and oxygen atoms in total. The summed E-state index contributed by atoms with van der Waals surface area (Å²) in [5.41, 5.74) is 1.20. The van der Waals surface area contributed by atoms with E-state index < -0.39 is 29.8 Å². The molecule has 4 amide bonds. The Balaban J connectivity index is 1.86. The molecule has 2 atom stereocenters. The van der Waals surface area contributed by atoms with Crippen molar-refractivity contribution in [3.8, 4) is 5.75 Å². The molecular weight excluding hydrogens is 522 g/mol. The molecule has 0 unspecified atom stereocenters. The number of hydrogen-bond donors (Lipinski definition) is 3. The SMILES string of the molecule is CN(C)CCNC(=O)[C@@H]1CC(=O)N[C@@H](Cc2ccccc2)C(=O)N(C)CCCCCCOc2ccccc2C(=O)N1. The van der Waals surface area contributed by atoms with Crippen molar-refractivity contribution in [1.29, 1.82) is 0 Å². The van der Waals surface area contributed by atoms with Crippen LogP contribution in [0, 0.1) is 0 Å². The van der Waals surface area contributed by atoms with Gasteiger partial charge in [-0.15, -0.1) is 0 Å². The summed E-state index contributed by atoms with van der Waals surface area (Å²) < 4.78 is 5.91. The monoisotopic (exact) mass is 565 g/mol. The summed E-state index contributed by atoms with van der Waals surface area (Å²) in [6, 6.07) is 14.4. The Morgan fingerprint density at radius 1 is 0.976 bits per heavy atom. The normalized spacial score (nSPS) is 19.7. The lowest BCUT2D eigenvalue weighted by Gasteiger charge is -2.26. The third kappa shape index (κ3) is 10.5. The van der Waals surface area contributed by atoms with Crippen LogP contribution in [0.1, 0.15) is 48.0 Å². The van der Waals surface area contributed by atoms with Crippen molar-refractivity contribution >= 4 is 23.6 Å². The predicted molar refractivity (Wildman–Crippen MR) is 158 cm³/mol. The van der Waals surface area contributed by atoms with Gasteiger partial charge in [0.1, 0.15) is 17.8 Å². The van der Waals surface area contributed by atoms with Gasteiger partial charge in [0.25, 0.3) is 5.91 Å². The summed E-state index contributed by atoms with van der Waals surface area (Å²) in [6.07, 6.45) is 3.44. The number of rotatable bonds is 6. The molecule has 2 aromatic carbocycles. The standard InChI is InChI=1S/C31H43N5O5/c1-35(2)19-17-32-30(39)25-22-28(37)33-26(21-23-13-7-6-8-14-23)31(40)36(3)18-11-4-5-12-20-41-27-16-10-9-15-24(27)29(38)34-25/h6-10,13-16,25-26H,4-5,11-12,17-22H2,1-3H3,(H,32,39)(H,33,37)(H,34,38)/t25-,26-/m0/s1. The average Bonchev–Trinajstić information content (AvgIpc) is 2.95. The predicted octanol–water partition coefficient (Wildman–Crippen LogP) is 1.99. The molecule has 3 rings (SSSR count). The molecule has 1 aliphatic heterocycles. The van der Waals surface area contributed by atoms with Gasteiger partial charge in [-0.2, -0.15) is 0 Å². The van der Waals surface area contributed by atoms with Crippen molar-refractivity contribution in [3.05, 3.63) is 65.7 Å². The van der Waals surface area contributed by atoms with Gasteiger partial charge in [0, 0.05) is 33.1 Å². The fourth-order valence-electron chi connectivity index (χ4n) is 4.60. The number of nitrogens with zero attached hydrogens (tertiary/aromatic N) is 2. The van der Waals surface area contributed by atoms with E-state index in [0.29, 0.717) is 44.0 Å². The van der Waals surface area contributed by atoms with Crippen molar-refractivity contribution < 1.29 is 23.9 Å². The summed E-state index contributed by atoms with van der Waals surface area (Å²) in [5.74, 6) is -1.27. The molecule has 0 saturated heterocycles. The Kier molecular flexibility index (Phi) is 12.6. The molecule has 0 radical (unpaired) electrons. The third-order valence-corrected chi connectivity index (χ3v) is 6.94. The van der Waals surface area contributed by atoms with E-state index in [2.05, 4.69) is 16.0 Å². The number of para-hydroxylation sites is 1. The first-order valence-electron chi connectivity index (χ1n) is 14.3. The number of ether oxygens (including phenoxy) is 1. The molecule has 1 heterocycles. The smallest absolute Gasteiger partial charge is 0.255 e. The van der Waals surface area contributed by atoms with Crippen molar-refractivity contribution in [2.45, 2.75) is 50.6 Å². The van der Waals surface area contributed by atoms with E-state index in [1.807, 2.05) is 49.3 Å². The summed E-state index contributed by atoms with van der Waals surface area (Å²) in [6.45, 7) is 1.94. The molecule has 0 aromatic heterocycles. The first kappa shape index (κ1) is 31.6. The van der Waals surface area contributed by atoms with Gasteiger partial charge in [0.05, 0.1) is 18.6 Å². The molecule has 0 spiro atoms. The Morgan fingerprint density at radius 3 is 2.44 bits per heavy atom. The van der Waals surface area contributed by atoms with Crippen molar-refractivity contribution in [1.82, 2.24) is 25.8 Å². The van der Waals surface area contributed by atoms with Crippen molar-refractivity contribution in [2.24, 2.45) is 0 Å². The van der Waals surface area contributed by atoms with Crippen LogP contribution in [-0.2, 0) is 20.8 Å². The van der Waals surface area contributed by atoms with Crippen LogP contribution < -0.4 is 20.7 Å². The summed E-state index contributed by atoms with van der Waals surface area (Å²) in [4.78, 5) is 56.8. The summed E-state index contributed by atoms with van der Waals surface area (Å²) >= 11 is 0. The average molecular weight is 566 g/mol. The Morgan fingerprint density at radius 2 is 1.68 bits per heavy atom. The Hall–Kier alpha value is -3.92. The van der Waals surface area contributed by atoms with E-state index in [1.54, 1.807) is 36.2 Å². The molecule has 3 N–H and O–H groups in total. The second-order valence-corrected chi connectivity index (χ2v) is 10.7. The van der Waals surface area contributed by atoms with Gasteiger partial charge in [-0.05, 0) is 44.6 Å². The van der Waals surface area contributed by atoms with Crippen LogP contribution in [0.5, 0.6) is 5.75 Å². The minimum Gasteiger partial charge on any atom is -0.493 e. The van der Waals surface area contributed by atoms with Gasteiger partial charge >= 0.3 is 0 Å². The second kappa shape index (κ2) is 16.4. The topological polar surface area (TPSA) is 120 Å². The van der Waals surface area contributed by atoms with Crippen molar-refractivity contribution in [3.63, 3.8) is 0 Å². The number of hydrogen-bond acceptors (Lipinski definition) is 6. The van der Waals surface area contributed by atoms with Gasteiger partial charge in [-0.1, -0.05) is 55.3 Å². The van der Waals surface area contributed by atoms with E-state index in [-0.39, 0.29) is 12.3 Å². The van der Waals surface area contributed by atoms with Gasteiger partial charge < -0.3 is 30.5 Å². The Bertz CT molecular complexity index is 1160. The molecule has 0 aliphatic carbocycles. The minimum absolute atomic E-state index is 0.198. The van der Waals surface area contributed by atoms with Crippen LogP contribution >= 0.6 is 0 Å². The van der Waals surface area contributed by atoms with Crippen LogP contribution in [-0.4, -0.2) is 92.9 Å². The molecule has 1 aliphatic rings. The molecule has 10 heteroatoms. The van der Waals surface area contributed by atoms with E-state index in [9.17, 15) is 19.2 Å². The number of benzene rings is 2. The van der Waals surface area contributed by atoms with Gasteiger partial charge in [-0.3, -0.25) is 19.2 Å². The quantitative estimate of drug-likeness (QED) is 0.493. The molecular formula is C31H43N5O5. The highest BCUT2D eigenvalue weighted by atomic mass is 16.5. The van der Waals surface area contributed by atoms with Crippen LogP contribution in [0.15, 0.2) is 54.6 Å². The summed E-state index contributed by atoms with van der Waals surface area (Å²) in [5, 5.41) is 8.38. The molecule has 0 fully saturated rings. The van der Waals surface area contributed by atoms with Crippen LogP contribution in [0.3, 0.4) is 0 Å². The maximum atomic E-state index is 13.4. The first-order valence-corrected chi connectivity index (χ1v) is 14.3. The van der Waals surface area contributed by atoms with Crippen molar-refractivity contribution in [2.75, 3.05) is 47.4 Å². The third-order valence-electron chi connectivity index (χ3n) is 6.94. The van der Waals surface area contributed by atoms with E-state index >= 15 is 0 Å². The number of fused-ring (bicyclic) bond motifs is 1. The maximum absolute atomic E-state index is 13.4. The lowest BCUT2D eigenvalue weighted by molar-refractivity contribution is -0.136. The van der Waals surface area contributed by atoms with E-state index in [0.717, 1.165) is 31.2 Å².